The molecule has 0 aliphatic carbocycles. The van der Waals surface area contributed by atoms with Crippen LogP contribution in [0.2, 0.25) is 0 Å². The maximum Gasteiger partial charge on any atom is 0.243 e. The maximum absolute atomic E-state index is 13.6. The number of benzene rings is 3. The van der Waals surface area contributed by atoms with Crippen molar-refractivity contribution in [1.29, 1.82) is 0 Å². The standard InChI is InChI=1S/C29H33BrN2O2/c1-22(2)20-31-29(34)27(19-24-12-7-4-8-13-24)32(21-25-14-9-15-26(30)18-25)28(33)17-16-23-10-5-3-6-11-23/h3-15,18,22,27H,16-17,19-21H2,1-2H3,(H,31,34). The SMILES string of the molecule is CC(C)CNC(=O)C(Cc1ccccc1)N(Cc1cccc(Br)c1)C(=O)CCc1ccccc1. The highest BCUT2D eigenvalue weighted by atomic mass is 79.9. The van der Waals surface area contributed by atoms with Gasteiger partial charge >= 0.3 is 0 Å². The number of nitrogens with zero attached hydrogens (tertiary/aromatic N) is 1. The first-order valence-corrected chi connectivity index (χ1v) is 12.6. The second-order valence-electron chi connectivity index (χ2n) is 8.98. The minimum Gasteiger partial charge on any atom is -0.354 e. The van der Waals surface area contributed by atoms with Crippen molar-refractivity contribution in [2.75, 3.05) is 6.54 Å². The van der Waals surface area contributed by atoms with Crippen molar-refractivity contribution < 1.29 is 9.59 Å². The topological polar surface area (TPSA) is 49.4 Å². The average Bonchev–Trinajstić information content (AvgIpc) is 2.84. The summed E-state index contributed by atoms with van der Waals surface area (Å²) in [7, 11) is 0. The monoisotopic (exact) mass is 520 g/mol. The van der Waals surface area contributed by atoms with Crippen molar-refractivity contribution in [1.82, 2.24) is 10.2 Å². The molecule has 0 bridgehead atoms. The highest BCUT2D eigenvalue weighted by Gasteiger charge is 2.30. The van der Waals surface area contributed by atoms with Crippen LogP contribution in [0.5, 0.6) is 0 Å². The highest BCUT2D eigenvalue weighted by Crippen LogP contribution is 2.19. The second kappa shape index (κ2) is 13.1. The van der Waals surface area contributed by atoms with E-state index in [1.807, 2.05) is 84.9 Å². The largest absolute Gasteiger partial charge is 0.354 e. The third-order valence-electron chi connectivity index (χ3n) is 5.67. The van der Waals surface area contributed by atoms with Crippen molar-refractivity contribution in [3.63, 3.8) is 0 Å². The Morgan fingerprint density at radius 3 is 2.09 bits per heavy atom. The first-order chi connectivity index (χ1) is 16.4. The van der Waals surface area contributed by atoms with Crippen LogP contribution in [0.1, 0.15) is 37.0 Å². The fraction of sp³-hybridized carbons (Fsp3) is 0.310. The van der Waals surface area contributed by atoms with Crippen LogP contribution in [0.25, 0.3) is 0 Å². The Bertz CT molecular complexity index is 1050. The third kappa shape index (κ3) is 8.14. The van der Waals surface area contributed by atoms with Gasteiger partial charge in [-0.3, -0.25) is 9.59 Å². The van der Waals surface area contributed by atoms with Crippen molar-refractivity contribution >= 4 is 27.7 Å². The molecular formula is C29H33BrN2O2. The third-order valence-corrected chi connectivity index (χ3v) is 6.16. The Labute approximate surface area is 211 Å². The van der Waals surface area contributed by atoms with Gasteiger partial charge in [0, 0.05) is 30.4 Å². The summed E-state index contributed by atoms with van der Waals surface area (Å²) in [6, 6.07) is 27.2. The molecular weight excluding hydrogens is 488 g/mol. The molecule has 0 aliphatic rings. The summed E-state index contributed by atoms with van der Waals surface area (Å²) in [4.78, 5) is 28.8. The van der Waals surface area contributed by atoms with Crippen molar-refractivity contribution in [2.45, 2.75) is 45.7 Å². The van der Waals surface area contributed by atoms with Gasteiger partial charge in [0.15, 0.2) is 0 Å². The molecule has 3 aromatic carbocycles. The number of hydrogen-bond acceptors (Lipinski definition) is 2. The normalized spacial score (nSPS) is 11.8. The molecule has 1 unspecified atom stereocenters. The highest BCUT2D eigenvalue weighted by molar-refractivity contribution is 9.10. The first-order valence-electron chi connectivity index (χ1n) is 11.8. The molecule has 0 saturated carbocycles. The number of nitrogens with one attached hydrogen (secondary N) is 1. The van der Waals surface area contributed by atoms with E-state index in [0.29, 0.717) is 38.3 Å². The number of hydrogen-bond donors (Lipinski definition) is 1. The van der Waals surface area contributed by atoms with Crippen LogP contribution in [0.15, 0.2) is 89.4 Å². The van der Waals surface area contributed by atoms with E-state index in [9.17, 15) is 9.59 Å². The molecule has 0 saturated heterocycles. The Hall–Kier alpha value is -2.92. The predicted octanol–water partition coefficient (Wildman–Crippen LogP) is 5.79. The van der Waals surface area contributed by atoms with Gasteiger partial charge in [0.2, 0.25) is 11.8 Å². The zero-order valence-electron chi connectivity index (χ0n) is 19.9. The fourth-order valence-electron chi connectivity index (χ4n) is 3.85. The molecule has 3 rings (SSSR count). The first kappa shape index (κ1) is 25.7. The lowest BCUT2D eigenvalue weighted by Crippen LogP contribution is -2.51. The Morgan fingerprint density at radius 1 is 0.853 bits per heavy atom. The van der Waals surface area contributed by atoms with Gasteiger partial charge in [0.1, 0.15) is 6.04 Å². The summed E-state index contributed by atoms with van der Waals surface area (Å²) < 4.78 is 0.950. The number of rotatable bonds is 11. The molecule has 0 heterocycles. The van der Waals surface area contributed by atoms with Gasteiger partial charge in [-0.05, 0) is 41.2 Å². The lowest BCUT2D eigenvalue weighted by Gasteiger charge is -2.32. The Balaban J connectivity index is 1.89. The van der Waals surface area contributed by atoms with E-state index in [0.717, 1.165) is 21.2 Å². The predicted molar refractivity (Wildman–Crippen MR) is 141 cm³/mol. The molecule has 5 heteroatoms. The second-order valence-corrected chi connectivity index (χ2v) is 9.90. The van der Waals surface area contributed by atoms with Crippen LogP contribution >= 0.6 is 15.9 Å². The molecule has 0 aromatic heterocycles. The van der Waals surface area contributed by atoms with E-state index in [4.69, 9.17) is 0 Å². The number of aryl methyl sites for hydroxylation is 1. The van der Waals surface area contributed by atoms with E-state index >= 15 is 0 Å². The van der Waals surface area contributed by atoms with E-state index in [2.05, 4.69) is 35.1 Å². The lowest BCUT2D eigenvalue weighted by atomic mass is 10.0. The summed E-state index contributed by atoms with van der Waals surface area (Å²) in [5.41, 5.74) is 3.13. The minimum atomic E-state index is -0.594. The molecule has 34 heavy (non-hydrogen) atoms. The summed E-state index contributed by atoms with van der Waals surface area (Å²) >= 11 is 3.53. The zero-order valence-corrected chi connectivity index (χ0v) is 21.5. The molecule has 1 N–H and O–H groups in total. The van der Waals surface area contributed by atoms with Crippen LogP contribution in [0.3, 0.4) is 0 Å². The van der Waals surface area contributed by atoms with Crippen LogP contribution in [0, 0.1) is 5.92 Å². The van der Waals surface area contributed by atoms with Gasteiger partial charge in [0.25, 0.3) is 0 Å². The molecule has 4 nitrogen and oxygen atoms in total. The summed E-state index contributed by atoms with van der Waals surface area (Å²) in [5, 5.41) is 3.07. The Morgan fingerprint density at radius 2 is 1.47 bits per heavy atom. The molecule has 0 fully saturated rings. The van der Waals surface area contributed by atoms with Gasteiger partial charge in [-0.1, -0.05) is 103 Å². The number of carbonyl (C=O) groups excluding carboxylic acids is 2. The quantitative estimate of drug-likeness (QED) is 0.347. The smallest absolute Gasteiger partial charge is 0.243 e. The maximum atomic E-state index is 13.6. The molecule has 2 amide bonds. The van der Waals surface area contributed by atoms with Crippen molar-refractivity contribution in [2.24, 2.45) is 5.92 Å². The van der Waals surface area contributed by atoms with Gasteiger partial charge in [-0.2, -0.15) is 0 Å². The summed E-state index contributed by atoms with van der Waals surface area (Å²) in [6.07, 6.45) is 1.46. The minimum absolute atomic E-state index is 0.0237. The van der Waals surface area contributed by atoms with E-state index < -0.39 is 6.04 Å². The molecule has 0 radical (unpaired) electrons. The molecule has 0 aliphatic heterocycles. The molecule has 3 aromatic rings. The van der Waals surface area contributed by atoms with E-state index in [-0.39, 0.29) is 11.8 Å². The zero-order chi connectivity index (χ0) is 24.3. The van der Waals surface area contributed by atoms with Gasteiger partial charge in [-0.25, -0.2) is 0 Å². The number of carbonyl (C=O) groups is 2. The van der Waals surface area contributed by atoms with E-state index in [1.54, 1.807) is 4.90 Å². The van der Waals surface area contributed by atoms with Gasteiger partial charge < -0.3 is 10.2 Å². The summed E-state index contributed by atoms with van der Waals surface area (Å²) in [5.74, 6) is 0.193. The van der Waals surface area contributed by atoms with Crippen molar-refractivity contribution in [3.8, 4) is 0 Å². The molecule has 0 spiro atoms. The average molecular weight is 521 g/mol. The van der Waals surface area contributed by atoms with Crippen LogP contribution in [-0.2, 0) is 29.0 Å². The molecule has 1 atom stereocenters. The van der Waals surface area contributed by atoms with Gasteiger partial charge in [0.05, 0.1) is 0 Å². The van der Waals surface area contributed by atoms with Crippen LogP contribution in [-0.4, -0.2) is 29.3 Å². The molecule has 178 valence electrons. The number of amides is 2. The Kier molecular flexibility index (Phi) is 9.89. The van der Waals surface area contributed by atoms with E-state index in [1.165, 1.54) is 0 Å². The van der Waals surface area contributed by atoms with Gasteiger partial charge in [-0.15, -0.1) is 0 Å². The fourth-order valence-corrected chi connectivity index (χ4v) is 4.29. The summed E-state index contributed by atoms with van der Waals surface area (Å²) in [6.45, 7) is 5.08. The van der Waals surface area contributed by atoms with Crippen molar-refractivity contribution in [3.05, 3.63) is 106 Å². The van der Waals surface area contributed by atoms with Crippen LogP contribution < -0.4 is 5.32 Å². The number of halogens is 1. The van der Waals surface area contributed by atoms with Crippen LogP contribution in [0.4, 0.5) is 0 Å². The lowest BCUT2D eigenvalue weighted by molar-refractivity contribution is -0.141.